The first-order valence-electron chi connectivity index (χ1n) is 6.10. The Morgan fingerprint density at radius 3 is 2.50 bits per heavy atom. The van der Waals surface area contributed by atoms with Gasteiger partial charge in [0.25, 0.3) is 0 Å². The molecule has 0 aliphatic carbocycles. The number of rotatable bonds is 4. The van der Waals surface area contributed by atoms with E-state index in [0.717, 1.165) is 0 Å². The van der Waals surface area contributed by atoms with Gasteiger partial charge in [-0.2, -0.15) is 0 Å². The van der Waals surface area contributed by atoms with Crippen molar-refractivity contribution in [1.29, 1.82) is 0 Å². The largest absolute Gasteiger partial charge is 0.461 e. The molecule has 0 radical (unpaired) electrons. The van der Waals surface area contributed by atoms with Gasteiger partial charge in [0.1, 0.15) is 30.2 Å². The van der Waals surface area contributed by atoms with Crippen LogP contribution in [0, 0.1) is 0 Å². The van der Waals surface area contributed by atoms with Crippen LogP contribution >= 0.6 is 0 Å². The van der Waals surface area contributed by atoms with Gasteiger partial charge < -0.3 is 29.9 Å². The van der Waals surface area contributed by atoms with Gasteiger partial charge in [0.15, 0.2) is 6.29 Å². The number of aliphatic hydroxyl groups is 4. The van der Waals surface area contributed by atoms with Crippen LogP contribution in [0.2, 0.25) is 0 Å². The van der Waals surface area contributed by atoms with E-state index in [1.54, 1.807) is 12.1 Å². The Bertz CT molecular complexity index is 462. The highest BCUT2D eigenvalue weighted by Gasteiger charge is 2.44. The second-order valence-electron chi connectivity index (χ2n) is 4.47. The highest BCUT2D eigenvalue weighted by atomic mass is 16.7. The summed E-state index contributed by atoms with van der Waals surface area (Å²) >= 11 is 0. The third-order valence-electron chi connectivity index (χ3n) is 3.14. The van der Waals surface area contributed by atoms with Crippen LogP contribution in [-0.2, 0) is 4.74 Å². The second-order valence-corrected chi connectivity index (χ2v) is 4.47. The summed E-state index contributed by atoms with van der Waals surface area (Å²) in [5.41, 5.74) is 0.254. The first kappa shape index (κ1) is 14.9. The van der Waals surface area contributed by atoms with Gasteiger partial charge in [-0.3, -0.25) is 4.79 Å². The minimum absolute atomic E-state index is 0.173. The Labute approximate surface area is 115 Å². The van der Waals surface area contributed by atoms with Crippen molar-refractivity contribution in [3.8, 4) is 5.75 Å². The van der Waals surface area contributed by atoms with Gasteiger partial charge in [0.05, 0.1) is 12.2 Å². The Kier molecular flexibility index (Phi) is 4.69. The lowest BCUT2D eigenvalue weighted by atomic mass is 9.99. The van der Waals surface area contributed by atoms with Gasteiger partial charge in [-0.1, -0.05) is 12.1 Å². The molecule has 7 heteroatoms. The van der Waals surface area contributed by atoms with Crippen LogP contribution in [0.1, 0.15) is 10.4 Å². The van der Waals surface area contributed by atoms with Gasteiger partial charge in [0, 0.05) is 0 Å². The predicted octanol–water partition coefficient (Wildman–Crippen LogP) is -1.32. The molecule has 4 N–H and O–H groups in total. The molecule has 0 bridgehead atoms. The zero-order chi connectivity index (χ0) is 14.7. The minimum atomic E-state index is -1.52. The van der Waals surface area contributed by atoms with Gasteiger partial charge in [0.2, 0.25) is 6.29 Å². The van der Waals surface area contributed by atoms with E-state index < -0.39 is 37.3 Å². The summed E-state index contributed by atoms with van der Waals surface area (Å²) in [5, 5.41) is 38.1. The molecular weight excluding hydrogens is 268 g/mol. The number of hydrogen-bond donors (Lipinski definition) is 4. The molecule has 110 valence electrons. The lowest BCUT2D eigenvalue weighted by molar-refractivity contribution is -0.277. The molecule has 1 aliphatic heterocycles. The molecule has 1 fully saturated rings. The molecular formula is C13H16O7. The molecule has 20 heavy (non-hydrogen) atoms. The normalized spacial score (nSPS) is 33.7. The number of aldehydes is 1. The van der Waals surface area contributed by atoms with Gasteiger partial charge in [-0.15, -0.1) is 0 Å². The maximum Gasteiger partial charge on any atom is 0.229 e. The topological polar surface area (TPSA) is 116 Å². The average molecular weight is 284 g/mol. The Morgan fingerprint density at radius 2 is 1.85 bits per heavy atom. The Morgan fingerprint density at radius 1 is 1.15 bits per heavy atom. The molecule has 1 aromatic carbocycles. The molecule has 7 nitrogen and oxygen atoms in total. The van der Waals surface area contributed by atoms with Crippen molar-refractivity contribution in [2.75, 3.05) is 6.61 Å². The van der Waals surface area contributed by atoms with E-state index in [9.17, 15) is 20.1 Å². The monoisotopic (exact) mass is 284 g/mol. The summed E-state index contributed by atoms with van der Waals surface area (Å²) in [5.74, 6) is 0.173. The number of ether oxygens (including phenoxy) is 2. The molecule has 0 amide bonds. The van der Waals surface area contributed by atoms with Crippen LogP contribution in [0.25, 0.3) is 0 Å². The van der Waals surface area contributed by atoms with E-state index in [2.05, 4.69) is 0 Å². The maximum absolute atomic E-state index is 10.9. The van der Waals surface area contributed by atoms with E-state index in [4.69, 9.17) is 14.6 Å². The van der Waals surface area contributed by atoms with Crippen molar-refractivity contribution in [2.45, 2.75) is 30.7 Å². The van der Waals surface area contributed by atoms with Gasteiger partial charge in [-0.25, -0.2) is 0 Å². The summed E-state index contributed by atoms with van der Waals surface area (Å²) in [6, 6.07) is 6.30. The minimum Gasteiger partial charge on any atom is -0.461 e. The molecule has 1 saturated heterocycles. The van der Waals surface area contributed by atoms with E-state index in [0.29, 0.717) is 6.29 Å². The summed E-state index contributed by atoms with van der Waals surface area (Å²) in [7, 11) is 0. The zero-order valence-corrected chi connectivity index (χ0v) is 10.5. The van der Waals surface area contributed by atoms with E-state index >= 15 is 0 Å². The lowest BCUT2D eigenvalue weighted by Crippen LogP contribution is -2.60. The molecule has 0 saturated carbocycles. The highest BCUT2D eigenvalue weighted by molar-refractivity contribution is 5.79. The molecule has 1 unspecified atom stereocenters. The molecule has 1 aromatic rings. The smallest absolute Gasteiger partial charge is 0.229 e. The fraction of sp³-hybridized carbons (Fsp3) is 0.462. The van der Waals surface area contributed by atoms with Crippen LogP contribution in [-0.4, -0.2) is 64.0 Å². The lowest BCUT2D eigenvalue weighted by Gasteiger charge is -2.39. The van der Waals surface area contributed by atoms with Crippen LogP contribution in [0.5, 0.6) is 5.75 Å². The molecule has 1 aliphatic rings. The van der Waals surface area contributed by atoms with Gasteiger partial charge >= 0.3 is 0 Å². The number of carbonyl (C=O) groups excluding carboxylic acids is 1. The van der Waals surface area contributed by atoms with E-state index in [-0.39, 0.29) is 11.3 Å². The van der Waals surface area contributed by atoms with Gasteiger partial charge in [-0.05, 0) is 12.1 Å². The van der Waals surface area contributed by atoms with Crippen molar-refractivity contribution in [3.05, 3.63) is 29.8 Å². The molecule has 5 atom stereocenters. The first-order valence-corrected chi connectivity index (χ1v) is 6.10. The van der Waals surface area contributed by atoms with Crippen LogP contribution in [0.15, 0.2) is 24.3 Å². The third-order valence-corrected chi connectivity index (χ3v) is 3.14. The first-order chi connectivity index (χ1) is 9.58. The molecule has 2 rings (SSSR count). The Balaban J connectivity index is 2.17. The van der Waals surface area contributed by atoms with Crippen LogP contribution < -0.4 is 4.74 Å². The predicted molar refractivity (Wildman–Crippen MR) is 66.2 cm³/mol. The molecule has 0 aromatic heterocycles. The standard InChI is InChI=1S/C13H16O7/c14-5-7-3-1-2-4-8(7)19-13-12(18)11(17)10(16)9(6-15)20-13/h1-5,9-13,15-18H,6H2/t9-,10-,11?,12-,13-/m1/s1. The van der Waals surface area contributed by atoms with E-state index in [1.807, 2.05) is 0 Å². The van der Waals surface area contributed by atoms with Crippen molar-refractivity contribution < 1.29 is 34.7 Å². The van der Waals surface area contributed by atoms with Crippen molar-refractivity contribution >= 4 is 6.29 Å². The fourth-order valence-electron chi connectivity index (χ4n) is 1.98. The number of hydrogen-bond acceptors (Lipinski definition) is 7. The second kappa shape index (κ2) is 6.29. The zero-order valence-electron chi connectivity index (χ0n) is 10.5. The number of carbonyl (C=O) groups is 1. The molecule has 1 heterocycles. The van der Waals surface area contributed by atoms with Crippen LogP contribution in [0.3, 0.4) is 0 Å². The van der Waals surface area contributed by atoms with E-state index in [1.165, 1.54) is 12.1 Å². The SMILES string of the molecule is O=Cc1ccccc1O[C@@H]1O[C@H](CO)[C@@H](O)C(O)[C@H]1O. The maximum atomic E-state index is 10.9. The summed E-state index contributed by atoms with van der Waals surface area (Å²) in [6.45, 7) is -0.542. The summed E-state index contributed by atoms with van der Waals surface area (Å²) in [6.07, 6.45) is -6.24. The van der Waals surface area contributed by atoms with Crippen molar-refractivity contribution in [3.63, 3.8) is 0 Å². The van der Waals surface area contributed by atoms with Crippen molar-refractivity contribution in [1.82, 2.24) is 0 Å². The summed E-state index contributed by atoms with van der Waals surface area (Å²) in [4.78, 5) is 10.9. The third kappa shape index (κ3) is 2.82. The van der Waals surface area contributed by atoms with Crippen molar-refractivity contribution in [2.24, 2.45) is 0 Å². The quantitative estimate of drug-likeness (QED) is 0.507. The number of aliphatic hydroxyl groups excluding tert-OH is 4. The summed E-state index contributed by atoms with van der Waals surface area (Å²) < 4.78 is 10.5. The highest BCUT2D eigenvalue weighted by Crippen LogP contribution is 2.25. The number of para-hydroxylation sites is 1. The van der Waals surface area contributed by atoms with Crippen LogP contribution in [0.4, 0.5) is 0 Å². The average Bonchev–Trinajstić information content (AvgIpc) is 2.48. The fourth-order valence-corrected chi connectivity index (χ4v) is 1.98. The number of benzene rings is 1. The Hall–Kier alpha value is -1.51. The molecule has 0 spiro atoms.